The van der Waals surface area contributed by atoms with E-state index in [9.17, 15) is 9.59 Å². The van der Waals surface area contributed by atoms with Crippen molar-refractivity contribution >= 4 is 11.9 Å². The standard InChI is InChI=1S/C10H20N2O6/c13-5-3-11(4-6-14)1-2-12(7-9(15)16)8-10(17)18/h13-14H,1-8H2,(H,15,16)(H,17,18). The molecule has 0 aliphatic heterocycles. The third-order valence-corrected chi connectivity index (χ3v) is 2.28. The van der Waals surface area contributed by atoms with E-state index < -0.39 is 11.9 Å². The van der Waals surface area contributed by atoms with Crippen LogP contribution in [-0.2, 0) is 9.59 Å². The van der Waals surface area contributed by atoms with Gasteiger partial charge in [-0.2, -0.15) is 0 Å². The highest BCUT2D eigenvalue weighted by Crippen LogP contribution is 1.93. The first-order valence-electron chi connectivity index (χ1n) is 5.59. The van der Waals surface area contributed by atoms with Gasteiger partial charge in [0, 0.05) is 26.2 Å². The Kier molecular flexibility index (Phi) is 9.11. The molecule has 4 N–H and O–H groups in total. The number of nitrogens with zero attached hydrogens (tertiary/aromatic N) is 2. The van der Waals surface area contributed by atoms with Gasteiger partial charge in [-0.25, -0.2) is 0 Å². The minimum absolute atomic E-state index is 0.0716. The number of carbonyl (C=O) groups is 2. The van der Waals surface area contributed by atoms with Gasteiger partial charge in [0.1, 0.15) is 0 Å². The zero-order valence-electron chi connectivity index (χ0n) is 10.2. The molecular formula is C10H20N2O6. The number of hydrogen-bond acceptors (Lipinski definition) is 6. The first kappa shape index (κ1) is 16.8. The molecule has 0 fully saturated rings. The van der Waals surface area contributed by atoms with Gasteiger partial charge < -0.3 is 20.4 Å². The third kappa shape index (κ3) is 8.88. The molecule has 8 nitrogen and oxygen atoms in total. The Morgan fingerprint density at radius 3 is 1.44 bits per heavy atom. The molecular weight excluding hydrogens is 244 g/mol. The smallest absolute Gasteiger partial charge is 0.317 e. The van der Waals surface area contributed by atoms with Crippen molar-refractivity contribution in [2.24, 2.45) is 0 Å². The van der Waals surface area contributed by atoms with Crippen LogP contribution in [-0.4, -0.2) is 94.6 Å². The molecule has 0 amide bonds. The van der Waals surface area contributed by atoms with E-state index in [4.69, 9.17) is 20.4 Å². The maximum atomic E-state index is 10.6. The quantitative estimate of drug-likeness (QED) is 0.330. The molecule has 0 aromatic heterocycles. The average molecular weight is 264 g/mol. The van der Waals surface area contributed by atoms with Crippen LogP contribution in [0.3, 0.4) is 0 Å². The van der Waals surface area contributed by atoms with Crippen molar-refractivity contribution in [2.45, 2.75) is 0 Å². The second-order valence-electron chi connectivity index (χ2n) is 3.79. The Balaban J connectivity index is 4.19. The Morgan fingerprint density at radius 1 is 0.722 bits per heavy atom. The van der Waals surface area contributed by atoms with Crippen LogP contribution in [0.2, 0.25) is 0 Å². The summed E-state index contributed by atoms with van der Waals surface area (Å²) in [6, 6.07) is 0. The first-order chi connectivity index (χ1) is 8.49. The van der Waals surface area contributed by atoms with Crippen molar-refractivity contribution in [1.29, 1.82) is 0 Å². The molecule has 0 aromatic rings. The van der Waals surface area contributed by atoms with Crippen LogP contribution in [0.1, 0.15) is 0 Å². The summed E-state index contributed by atoms with van der Waals surface area (Å²) in [6.07, 6.45) is 0. The summed E-state index contributed by atoms with van der Waals surface area (Å²) in [5, 5.41) is 34.9. The van der Waals surface area contributed by atoms with E-state index in [0.717, 1.165) is 0 Å². The van der Waals surface area contributed by atoms with Gasteiger partial charge in [-0.15, -0.1) is 0 Å². The van der Waals surface area contributed by atoms with E-state index in [1.54, 1.807) is 4.90 Å². The molecule has 0 aromatic carbocycles. The molecule has 0 radical (unpaired) electrons. The molecule has 0 bridgehead atoms. The monoisotopic (exact) mass is 264 g/mol. The fourth-order valence-corrected chi connectivity index (χ4v) is 1.50. The molecule has 0 unspecified atom stereocenters. The first-order valence-corrected chi connectivity index (χ1v) is 5.59. The number of aliphatic hydroxyl groups excluding tert-OH is 2. The summed E-state index contributed by atoms with van der Waals surface area (Å²) in [5.74, 6) is -2.18. The van der Waals surface area contributed by atoms with Crippen LogP contribution >= 0.6 is 0 Å². The van der Waals surface area contributed by atoms with Crippen molar-refractivity contribution in [1.82, 2.24) is 9.80 Å². The molecule has 0 saturated heterocycles. The highest BCUT2D eigenvalue weighted by Gasteiger charge is 2.14. The summed E-state index contributed by atoms with van der Waals surface area (Å²) < 4.78 is 0. The van der Waals surface area contributed by atoms with E-state index in [1.807, 2.05) is 0 Å². The number of carboxylic acids is 2. The lowest BCUT2D eigenvalue weighted by molar-refractivity contribution is -0.141. The largest absolute Gasteiger partial charge is 0.480 e. The SMILES string of the molecule is O=C(O)CN(CCN(CCO)CCO)CC(=O)O. The van der Waals surface area contributed by atoms with Gasteiger partial charge in [0.2, 0.25) is 0 Å². The number of rotatable bonds is 11. The highest BCUT2D eigenvalue weighted by molar-refractivity contribution is 5.72. The predicted molar refractivity (Wildman–Crippen MR) is 62.3 cm³/mol. The predicted octanol–water partition coefficient (Wildman–Crippen LogP) is -2.26. The van der Waals surface area contributed by atoms with E-state index in [0.29, 0.717) is 19.6 Å². The molecule has 0 heterocycles. The van der Waals surface area contributed by atoms with Gasteiger partial charge in [-0.3, -0.25) is 19.4 Å². The third-order valence-electron chi connectivity index (χ3n) is 2.28. The molecule has 0 atom stereocenters. The van der Waals surface area contributed by atoms with Gasteiger partial charge in [-0.05, 0) is 0 Å². The summed E-state index contributed by atoms with van der Waals surface area (Å²) in [7, 11) is 0. The van der Waals surface area contributed by atoms with Crippen molar-refractivity contribution in [2.75, 3.05) is 52.5 Å². The average Bonchev–Trinajstić information content (AvgIpc) is 2.24. The summed E-state index contributed by atoms with van der Waals surface area (Å²) in [4.78, 5) is 24.1. The van der Waals surface area contributed by atoms with Gasteiger partial charge in [0.15, 0.2) is 0 Å². The lowest BCUT2D eigenvalue weighted by Gasteiger charge is -2.24. The maximum absolute atomic E-state index is 10.6. The fourth-order valence-electron chi connectivity index (χ4n) is 1.50. The summed E-state index contributed by atoms with van der Waals surface area (Å²) in [6.45, 7) is 0.510. The molecule has 0 aliphatic carbocycles. The topological polar surface area (TPSA) is 122 Å². The van der Waals surface area contributed by atoms with Crippen molar-refractivity contribution in [3.63, 3.8) is 0 Å². The van der Waals surface area contributed by atoms with Gasteiger partial charge in [-0.1, -0.05) is 0 Å². The maximum Gasteiger partial charge on any atom is 0.317 e. The van der Waals surface area contributed by atoms with Crippen molar-refractivity contribution in [3.05, 3.63) is 0 Å². The second kappa shape index (κ2) is 9.77. The molecule has 0 spiro atoms. The second-order valence-corrected chi connectivity index (χ2v) is 3.79. The Hall–Kier alpha value is -1.22. The number of hydrogen-bond donors (Lipinski definition) is 4. The minimum Gasteiger partial charge on any atom is -0.480 e. The molecule has 18 heavy (non-hydrogen) atoms. The highest BCUT2D eigenvalue weighted by atomic mass is 16.4. The van der Waals surface area contributed by atoms with E-state index >= 15 is 0 Å². The van der Waals surface area contributed by atoms with Gasteiger partial charge in [0.25, 0.3) is 0 Å². The van der Waals surface area contributed by atoms with Crippen molar-refractivity contribution < 1.29 is 30.0 Å². The van der Waals surface area contributed by atoms with E-state index in [2.05, 4.69) is 0 Å². The summed E-state index contributed by atoms with van der Waals surface area (Å²) in [5.41, 5.74) is 0. The number of aliphatic carboxylic acids is 2. The van der Waals surface area contributed by atoms with Crippen LogP contribution in [0.5, 0.6) is 0 Å². The number of carboxylic acid groups (broad SMARTS) is 2. The molecule has 106 valence electrons. The Morgan fingerprint density at radius 2 is 1.11 bits per heavy atom. The van der Waals surface area contributed by atoms with E-state index in [1.165, 1.54) is 4.90 Å². The molecule has 8 heteroatoms. The van der Waals surface area contributed by atoms with Gasteiger partial charge >= 0.3 is 11.9 Å². The van der Waals surface area contributed by atoms with Crippen LogP contribution < -0.4 is 0 Å². The Labute approximate surface area is 105 Å². The zero-order chi connectivity index (χ0) is 14.0. The van der Waals surface area contributed by atoms with Crippen LogP contribution in [0.25, 0.3) is 0 Å². The van der Waals surface area contributed by atoms with Crippen LogP contribution in [0, 0.1) is 0 Å². The van der Waals surface area contributed by atoms with Crippen LogP contribution in [0.15, 0.2) is 0 Å². The minimum atomic E-state index is -1.09. The normalized spacial score (nSPS) is 11.1. The molecule has 0 aliphatic rings. The molecule has 0 saturated carbocycles. The lowest BCUT2D eigenvalue weighted by Crippen LogP contribution is -2.41. The zero-order valence-corrected chi connectivity index (χ0v) is 10.2. The summed E-state index contributed by atoms with van der Waals surface area (Å²) >= 11 is 0. The fraction of sp³-hybridized carbons (Fsp3) is 0.800. The lowest BCUT2D eigenvalue weighted by atomic mass is 10.4. The van der Waals surface area contributed by atoms with E-state index in [-0.39, 0.29) is 32.8 Å². The Bertz CT molecular complexity index is 239. The van der Waals surface area contributed by atoms with Crippen molar-refractivity contribution in [3.8, 4) is 0 Å². The molecule has 0 rings (SSSR count). The van der Waals surface area contributed by atoms with Gasteiger partial charge in [0.05, 0.1) is 26.3 Å². The number of aliphatic hydroxyl groups is 2. The van der Waals surface area contributed by atoms with Crippen LogP contribution in [0.4, 0.5) is 0 Å².